The van der Waals surface area contributed by atoms with E-state index < -0.39 is 10.0 Å². The Balaban J connectivity index is 2.21. The first-order valence-corrected chi connectivity index (χ1v) is 8.59. The van der Waals surface area contributed by atoms with E-state index in [1.165, 1.54) is 17.4 Å². The molecule has 106 valence electrons. The van der Waals surface area contributed by atoms with Gasteiger partial charge in [0.1, 0.15) is 0 Å². The van der Waals surface area contributed by atoms with Crippen molar-refractivity contribution in [1.29, 1.82) is 0 Å². The fourth-order valence-electron chi connectivity index (χ4n) is 2.63. The maximum Gasteiger partial charge on any atom is 0.209 e. The molecule has 0 radical (unpaired) electrons. The fourth-order valence-corrected chi connectivity index (χ4v) is 3.05. The molecule has 0 atom stereocenters. The number of aryl methyl sites for hydroxylation is 1. The van der Waals surface area contributed by atoms with E-state index >= 15 is 0 Å². The van der Waals surface area contributed by atoms with Crippen LogP contribution in [0.4, 0.5) is 0 Å². The minimum Gasteiger partial charge on any atom is -0.317 e. The first-order valence-electron chi connectivity index (χ1n) is 6.70. The monoisotopic (exact) mass is 282 g/mol. The molecule has 1 aromatic carbocycles. The van der Waals surface area contributed by atoms with Crippen LogP contribution in [0, 0.1) is 6.92 Å². The number of rotatable bonds is 4. The van der Waals surface area contributed by atoms with Crippen LogP contribution < -0.4 is 10.0 Å². The first-order chi connectivity index (χ1) is 8.96. The Kier molecular flexibility index (Phi) is 4.60. The molecule has 1 fully saturated rings. The maximum atomic E-state index is 11.3. The van der Waals surface area contributed by atoms with Gasteiger partial charge in [0.25, 0.3) is 0 Å². The lowest BCUT2D eigenvalue weighted by Crippen LogP contribution is -2.28. The van der Waals surface area contributed by atoms with Crippen molar-refractivity contribution < 1.29 is 8.42 Å². The van der Waals surface area contributed by atoms with Gasteiger partial charge in [0.05, 0.1) is 6.26 Å². The van der Waals surface area contributed by atoms with Crippen molar-refractivity contribution >= 4 is 10.0 Å². The molecular weight excluding hydrogens is 260 g/mol. The van der Waals surface area contributed by atoms with Gasteiger partial charge in [-0.25, -0.2) is 13.1 Å². The van der Waals surface area contributed by atoms with E-state index in [4.69, 9.17) is 0 Å². The van der Waals surface area contributed by atoms with Crippen LogP contribution in [0.3, 0.4) is 0 Å². The first kappa shape index (κ1) is 14.5. The van der Waals surface area contributed by atoms with Crippen LogP contribution in [0.25, 0.3) is 0 Å². The van der Waals surface area contributed by atoms with Crippen LogP contribution in [0.2, 0.25) is 0 Å². The smallest absolute Gasteiger partial charge is 0.209 e. The van der Waals surface area contributed by atoms with Crippen molar-refractivity contribution in [3.05, 3.63) is 34.9 Å². The third kappa shape index (κ3) is 4.30. The zero-order valence-corrected chi connectivity index (χ0v) is 12.4. The van der Waals surface area contributed by atoms with Gasteiger partial charge in [0.2, 0.25) is 10.0 Å². The molecule has 19 heavy (non-hydrogen) atoms. The SMILES string of the molecule is Cc1ccc(C2CCNCC2)c(CNS(C)(=O)=O)c1. The average Bonchev–Trinajstić information content (AvgIpc) is 2.37. The van der Waals surface area contributed by atoms with Crippen LogP contribution in [-0.4, -0.2) is 27.8 Å². The van der Waals surface area contributed by atoms with Crippen molar-refractivity contribution in [3.8, 4) is 0 Å². The van der Waals surface area contributed by atoms with E-state index in [9.17, 15) is 8.42 Å². The maximum absolute atomic E-state index is 11.3. The number of nitrogens with one attached hydrogen (secondary N) is 2. The predicted molar refractivity (Wildman–Crippen MR) is 77.7 cm³/mol. The van der Waals surface area contributed by atoms with E-state index in [0.717, 1.165) is 31.5 Å². The van der Waals surface area contributed by atoms with Crippen molar-refractivity contribution in [1.82, 2.24) is 10.0 Å². The summed E-state index contributed by atoms with van der Waals surface area (Å²) in [5.41, 5.74) is 3.57. The standard InChI is InChI=1S/C14H22N2O2S/c1-11-3-4-14(12-5-7-15-8-6-12)13(9-11)10-16-19(2,17)18/h3-4,9,12,15-16H,5-8,10H2,1-2H3. The minimum atomic E-state index is -3.14. The van der Waals surface area contributed by atoms with Gasteiger partial charge in [-0.2, -0.15) is 0 Å². The van der Waals surface area contributed by atoms with Gasteiger partial charge in [0.15, 0.2) is 0 Å². The summed E-state index contributed by atoms with van der Waals surface area (Å²) in [6, 6.07) is 6.36. The Morgan fingerprint density at radius 3 is 2.63 bits per heavy atom. The van der Waals surface area contributed by atoms with Crippen LogP contribution in [0.5, 0.6) is 0 Å². The minimum absolute atomic E-state index is 0.389. The van der Waals surface area contributed by atoms with E-state index in [-0.39, 0.29) is 0 Å². The molecule has 1 aliphatic heterocycles. The summed E-state index contributed by atoms with van der Waals surface area (Å²) in [6.07, 6.45) is 3.44. The van der Waals surface area contributed by atoms with Gasteiger partial charge in [0, 0.05) is 6.54 Å². The quantitative estimate of drug-likeness (QED) is 0.880. The summed E-state index contributed by atoms with van der Waals surface area (Å²) in [6.45, 7) is 4.50. The molecule has 0 aliphatic carbocycles. The highest BCUT2D eigenvalue weighted by molar-refractivity contribution is 7.88. The molecule has 0 unspecified atom stereocenters. The van der Waals surface area contributed by atoms with E-state index in [0.29, 0.717) is 12.5 Å². The summed E-state index contributed by atoms with van der Waals surface area (Å²) in [5, 5.41) is 3.36. The normalized spacial score (nSPS) is 17.6. The highest BCUT2D eigenvalue weighted by Gasteiger charge is 2.18. The van der Waals surface area contributed by atoms with Gasteiger partial charge in [-0.05, 0) is 49.9 Å². The van der Waals surface area contributed by atoms with Crippen molar-refractivity contribution in [2.45, 2.75) is 32.2 Å². The number of benzene rings is 1. The zero-order valence-electron chi connectivity index (χ0n) is 11.6. The van der Waals surface area contributed by atoms with Crippen molar-refractivity contribution in [2.75, 3.05) is 19.3 Å². The molecule has 1 saturated heterocycles. The molecule has 5 heteroatoms. The molecule has 1 aliphatic rings. The Morgan fingerprint density at radius 1 is 1.32 bits per heavy atom. The van der Waals surface area contributed by atoms with Crippen molar-refractivity contribution in [3.63, 3.8) is 0 Å². The van der Waals surface area contributed by atoms with Crippen LogP contribution in [0.1, 0.15) is 35.4 Å². The van der Waals surface area contributed by atoms with Crippen LogP contribution >= 0.6 is 0 Å². The molecule has 4 nitrogen and oxygen atoms in total. The molecular formula is C14H22N2O2S. The zero-order chi connectivity index (χ0) is 13.9. The van der Waals surface area contributed by atoms with Crippen molar-refractivity contribution in [2.24, 2.45) is 0 Å². The van der Waals surface area contributed by atoms with Gasteiger partial charge in [-0.1, -0.05) is 23.8 Å². The second-order valence-electron chi connectivity index (χ2n) is 5.32. The van der Waals surface area contributed by atoms with Gasteiger partial charge < -0.3 is 5.32 Å². The van der Waals surface area contributed by atoms with Crippen LogP contribution in [-0.2, 0) is 16.6 Å². The Hall–Kier alpha value is -0.910. The summed E-state index contributed by atoms with van der Waals surface area (Å²) in [4.78, 5) is 0. The Morgan fingerprint density at radius 2 is 2.00 bits per heavy atom. The fraction of sp³-hybridized carbons (Fsp3) is 0.571. The van der Waals surface area contributed by atoms with Gasteiger partial charge in [-0.3, -0.25) is 0 Å². The molecule has 1 heterocycles. The highest BCUT2D eigenvalue weighted by Crippen LogP contribution is 2.28. The molecule has 0 bridgehead atoms. The number of hydrogen-bond acceptors (Lipinski definition) is 3. The van der Waals surface area contributed by atoms with E-state index in [2.05, 4.69) is 28.2 Å². The van der Waals surface area contributed by atoms with Crippen LogP contribution in [0.15, 0.2) is 18.2 Å². The summed E-state index contributed by atoms with van der Waals surface area (Å²) < 4.78 is 25.1. The predicted octanol–water partition coefficient (Wildman–Crippen LogP) is 1.51. The number of sulfonamides is 1. The third-order valence-corrected chi connectivity index (χ3v) is 4.27. The molecule has 2 N–H and O–H groups in total. The molecule has 0 aromatic heterocycles. The molecule has 0 amide bonds. The largest absolute Gasteiger partial charge is 0.317 e. The highest BCUT2D eigenvalue weighted by atomic mass is 32.2. The Bertz CT molecular complexity index is 534. The molecule has 0 spiro atoms. The summed E-state index contributed by atoms with van der Waals surface area (Å²) in [7, 11) is -3.14. The molecule has 0 saturated carbocycles. The van der Waals surface area contributed by atoms with E-state index in [1.54, 1.807) is 0 Å². The average molecular weight is 282 g/mol. The number of hydrogen-bond donors (Lipinski definition) is 2. The lowest BCUT2D eigenvalue weighted by atomic mass is 9.86. The van der Waals surface area contributed by atoms with Gasteiger partial charge >= 0.3 is 0 Å². The second kappa shape index (κ2) is 6.03. The van der Waals surface area contributed by atoms with Gasteiger partial charge in [-0.15, -0.1) is 0 Å². The summed E-state index contributed by atoms with van der Waals surface area (Å²) in [5.74, 6) is 0.540. The molecule has 2 rings (SSSR count). The molecule has 1 aromatic rings. The Labute approximate surface area is 115 Å². The number of piperidine rings is 1. The second-order valence-corrected chi connectivity index (χ2v) is 7.15. The lowest BCUT2D eigenvalue weighted by Gasteiger charge is -2.25. The van der Waals surface area contributed by atoms with E-state index in [1.807, 2.05) is 6.92 Å². The summed E-state index contributed by atoms with van der Waals surface area (Å²) >= 11 is 0. The third-order valence-electron chi connectivity index (χ3n) is 3.60. The topological polar surface area (TPSA) is 58.2 Å². The lowest BCUT2D eigenvalue weighted by molar-refractivity contribution is 0.458.